The van der Waals surface area contributed by atoms with E-state index in [-0.39, 0.29) is 0 Å². The van der Waals surface area contributed by atoms with E-state index in [1.807, 2.05) is 19.9 Å². The summed E-state index contributed by atoms with van der Waals surface area (Å²) in [6.45, 7) is 3.92. The highest BCUT2D eigenvalue weighted by Crippen LogP contribution is 2.30. The largest absolute Gasteiger partial charge is 0.248 e. The van der Waals surface area contributed by atoms with Crippen molar-refractivity contribution >= 4 is 23.3 Å². The molecule has 2 aromatic rings. The first-order valence-corrected chi connectivity index (χ1v) is 6.69. The van der Waals surface area contributed by atoms with Crippen molar-refractivity contribution in [2.75, 3.05) is 0 Å². The highest BCUT2D eigenvalue weighted by Gasteiger charge is 2.11. The Labute approximate surface area is 108 Å². The van der Waals surface area contributed by atoms with E-state index in [2.05, 4.69) is 20.4 Å². The Morgan fingerprint density at radius 2 is 2.35 bits per heavy atom. The first kappa shape index (κ1) is 12.0. The van der Waals surface area contributed by atoms with Gasteiger partial charge in [0.05, 0.1) is 5.56 Å². The highest BCUT2D eigenvalue weighted by molar-refractivity contribution is 8.00. The van der Waals surface area contributed by atoms with Gasteiger partial charge < -0.3 is 0 Å². The van der Waals surface area contributed by atoms with Gasteiger partial charge in [-0.2, -0.15) is 9.64 Å². The van der Waals surface area contributed by atoms with Crippen molar-refractivity contribution < 1.29 is 0 Å². The quantitative estimate of drug-likeness (QED) is 0.851. The number of hydrogen-bond acceptors (Lipinski definition) is 6. The van der Waals surface area contributed by atoms with Crippen LogP contribution in [0.1, 0.15) is 23.9 Å². The van der Waals surface area contributed by atoms with Crippen LogP contribution in [0.5, 0.6) is 0 Å². The van der Waals surface area contributed by atoms with E-state index in [1.165, 1.54) is 23.3 Å². The Kier molecular flexibility index (Phi) is 3.71. The molecule has 0 atom stereocenters. The van der Waals surface area contributed by atoms with Crippen LogP contribution in [-0.2, 0) is 6.42 Å². The van der Waals surface area contributed by atoms with Gasteiger partial charge in [0.15, 0.2) is 4.34 Å². The third-order valence-electron chi connectivity index (χ3n) is 2.19. The summed E-state index contributed by atoms with van der Waals surface area (Å²) < 4.78 is 5.04. The second-order valence-electron chi connectivity index (χ2n) is 3.35. The normalized spacial score (nSPS) is 10.2. The molecule has 0 N–H and O–H groups in total. The van der Waals surface area contributed by atoms with Gasteiger partial charge in [0.2, 0.25) is 0 Å². The summed E-state index contributed by atoms with van der Waals surface area (Å²) in [5, 5.41) is 9.79. The van der Waals surface area contributed by atoms with Crippen molar-refractivity contribution in [3.8, 4) is 6.07 Å². The van der Waals surface area contributed by atoms with Crippen LogP contribution in [0.15, 0.2) is 21.6 Å². The molecule has 4 nitrogen and oxygen atoms in total. The predicted molar refractivity (Wildman–Crippen MR) is 67.1 cm³/mol. The Balaban J connectivity index is 2.30. The molecule has 0 fully saturated rings. The standard InChI is InChI=1S/C11H10N4S2/c1-3-9-14-11(17-15-9)16-10-8(6-12)7(2)4-5-13-10/h4-5H,3H2,1-2H3. The van der Waals surface area contributed by atoms with Gasteiger partial charge in [-0.25, -0.2) is 9.97 Å². The second-order valence-corrected chi connectivity index (χ2v) is 5.34. The van der Waals surface area contributed by atoms with Crippen molar-refractivity contribution in [1.29, 1.82) is 5.26 Å². The first-order valence-electron chi connectivity index (χ1n) is 5.10. The molecule has 0 spiro atoms. The minimum atomic E-state index is 0.616. The van der Waals surface area contributed by atoms with Crippen LogP contribution in [0.2, 0.25) is 0 Å². The van der Waals surface area contributed by atoms with Crippen molar-refractivity contribution in [1.82, 2.24) is 14.3 Å². The van der Waals surface area contributed by atoms with E-state index < -0.39 is 0 Å². The predicted octanol–water partition coefficient (Wildman–Crippen LogP) is 2.83. The topological polar surface area (TPSA) is 62.5 Å². The summed E-state index contributed by atoms with van der Waals surface area (Å²) in [5.74, 6) is 0.837. The van der Waals surface area contributed by atoms with Crippen molar-refractivity contribution in [3.05, 3.63) is 29.2 Å². The molecule has 0 aliphatic heterocycles. The number of nitriles is 1. The number of pyridine rings is 1. The lowest BCUT2D eigenvalue weighted by Crippen LogP contribution is -1.90. The maximum Gasteiger partial charge on any atom is 0.176 e. The molecular weight excluding hydrogens is 252 g/mol. The van der Waals surface area contributed by atoms with Crippen LogP contribution >= 0.6 is 23.3 Å². The molecule has 17 heavy (non-hydrogen) atoms. The fourth-order valence-electron chi connectivity index (χ4n) is 1.25. The van der Waals surface area contributed by atoms with Crippen molar-refractivity contribution in [3.63, 3.8) is 0 Å². The molecule has 0 unspecified atom stereocenters. The molecule has 0 saturated heterocycles. The molecule has 2 rings (SSSR count). The van der Waals surface area contributed by atoms with E-state index in [0.717, 1.165) is 22.1 Å². The van der Waals surface area contributed by atoms with E-state index >= 15 is 0 Å². The number of aryl methyl sites for hydroxylation is 2. The zero-order chi connectivity index (χ0) is 12.3. The van der Waals surface area contributed by atoms with Gasteiger partial charge in [-0.1, -0.05) is 6.92 Å². The van der Waals surface area contributed by atoms with Crippen molar-refractivity contribution in [2.45, 2.75) is 29.6 Å². The van der Waals surface area contributed by atoms with Crippen LogP contribution in [0.4, 0.5) is 0 Å². The molecular formula is C11H10N4S2. The Hall–Kier alpha value is -1.45. The average molecular weight is 262 g/mol. The lowest BCUT2D eigenvalue weighted by Gasteiger charge is -2.01. The zero-order valence-electron chi connectivity index (χ0n) is 9.47. The molecule has 0 saturated carbocycles. The van der Waals surface area contributed by atoms with Crippen LogP contribution < -0.4 is 0 Å². The third kappa shape index (κ3) is 2.62. The minimum Gasteiger partial charge on any atom is -0.248 e. The van der Waals surface area contributed by atoms with Crippen molar-refractivity contribution in [2.24, 2.45) is 0 Å². The van der Waals surface area contributed by atoms with Gasteiger partial charge in [-0.15, -0.1) is 0 Å². The SMILES string of the molecule is CCc1nsc(Sc2nccc(C)c2C#N)n1. The van der Waals surface area contributed by atoms with Crippen LogP contribution in [0, 0.1) is 18.3 Å². The van der Waals surface area contributed by atoms with Crippen LogP contribution in [0.25, 0.3) is 0 Å². The fourth-order valence-corrected chi connectivity index (χ4v) is 2.99. The van der Waals surface area contributed by atoms with E-state index in [4.69, 9.17) is 5.26 Å². The molecule has 0 amide bonds. The number of hydrogen-bond donors (Lipinski definition) is 0. The van der Waals surface area contributed by atoms with E-state index in [1.54, 1.807) is 6.20 Å². The summed E-state index contributed by atoms with van der Waals surface area (Å²) in [7, 11) is 0. The third-order valence-corrected chi connectivity index (χ3v) is 3.98. The van der Waals surface area contributed by atoms with Gasteiger partial charge >= 0.3 is 0 Å². The molecule has 2 aromatic heterocycles. The van der Waals surface area contributed by atoms with Gasteiger partial charge in [0.25, 0.3) is 0 Å². The molecule has 86 valence electrons. The second kappa shape index (κ2) is 5.25. The Morgan fingerprint density at radius 3 is 3.00 bits per heavy atom. The molecule has 0 aliphatic rings. The Morgan fingerprint density at radius 1 is 1.53 bits per heavy atom. The molecule has 2 heterocycles. The fraction of sp³-hybridized carbons (Fsp3) is 0.273. The summed E-state index contributed by atoms with van der Waals surface area (Å²) in [5.41, 5.74) is 1.55. The zero-order valence-corrected chi connectivity index (χ0v) is 11.1. The van der Waals surface area contributed by atoms with Gasteiger partial charge in [0, 0.05) is 12.6 Å². The highest BCUT2D eigenvalue weighted by atomic mass is 32.2. The van der Waals surface area contributed by atoms with Gasteiger partial charge in [0.1, 0.15) is 16.9 Å². The molecule has 0 radical (unpaired) electrons. The van der Waals surface area contributed by atoms with Gasteiger partial charge in [-0.05, 0) is 41.8 Å². The lowest BCUT2D eigenvalue weighted by atomic mass is 10.2. The number of rotatable bonds is 3. The molecule has 0 aromatic carbocycles. The van der Waals surface area contributed by atoms with Crippen LogP contribution in [-0.4, -0.2) is 14.3 Å². The summed E-state index contributed by atoms with van der Waals surface area (Å²) in [6.07, 6.45) is 2.53. The number of nitrogens with zero attached hydrogens (tertiary/aromatic N) is 4. The average Bonchev–Trinajstić information content (AvgIpc) is 2.77. The minimum absolute atomic E-state index is 0.616. The van der Waals surface area contributed by atoms with E-state index in [9.17, 15) is 0 Å². The lowest BCUT2D eigenvalue weighted by molar-refractivity contribution is 0.969. The summed E-state index contributed by atoms with van der Waals surface area (Å²) >= 11 is 2.75. The van der Waals surface area contributed by atoms with E-state index in [0.29, 0.717) is 10.6 Å². The summed E-state index contributed by atoms with van der Waals surface area (Å²) in [6, 6.07) is 4.01. The number of aromatic nitrogens is 3. The van der Waals surface area contributed by atoms with Gasteiger partial charge in [-0.3, -0.25) is 0 Å². The maximum atomic E-state index is 9.09. The smallest absolute Gasteiger partial charge is 0.176 e. The first-order chi connectivity index (χ1) is 8.24. The summed E-state index contributed by atoms with van der Waals surface area (Å²) in [4.78, 5) is 8.57. The Bertz CT molecular complexity index is 571. The molecule has 0 bridgehead atoms. The maximum absolute atomic E-state index is 9.09. The molecule has 6 heteroatoms. The molecule has 0 aliphatic carbocycles. The monoisotopic (exact) mass is 262 g/mol. The van der Waals surface area contributed by atoms with Crippen LogP contribution in [0.3, 0.4) is 0 Å².